The minimum absolute atomic E-state index is 0.0215. The van der Waals surface area contributed by atoms with Gasteiger partial charge < -0.3 is 19.5 Å². The molecule has 1 aliphatic heterocycles. The number of hydrogen-bond acceptors (Lipinski definition) is 7. The van der Waals surface area contributed by atoms with E-state index in [1.165, 1.54) is 11.3 Å². The van der Waals surface area contributed by atoms with Crippen LogP contribution in [0.4, 0.5) is 5.00 Å². The summed E-state index contributed by atoms with van der Waals surface area (Å²) in [5, 5.41) is 12.7. The maximum Gasteiger partial charge on any atom is 0.351 e. The summed E-state index contributed by atoms with van der Waals surface area (Å²) in [6, 6.07) is 9.22. The van der Waals surface area contributed by atoms with Crippen molar-refractivity contribution in [3.05, 3.63) is 40.3 Å². The van der Waals surface area contributed by atoms with E-state index in [0.717, 1.165) is 36.1 Å². The van der Waals surface area contributed by atoms with Gasteiger partial charge in [0.25, 0.3) is 5.91 Å². The van der Waals surface area contributed by atoms with E-state index in [1.807, 2.05) is 6.07 Å². The molecule has 0 saturated carbocycles. The number of benzene rings is 1. The molecule has 8 heteroatoms. The van der Waals surface area contributed by atoms with Crippen molar-refractivity contribution in [2.45, 2.75) is 31.8 Å². The molecular formula is C20H18N2O5S. The first-order valence-corrected chi connectivity index (χ1v) is 9.87. The lowest BCUT2D eigenvalue weighted by atomic mass is 9.96. The summed E-state index contributed by atoms with van der Waals surface area (Å²) in [5.41, 5.74) is 1.57. The number of thiophene rings is 1. The molecule has 2 aromatic rings. The zero-order chi connectivity index (χ0) is 19.5. The van der Waals surface area contributed by atoms with Gasteiger partial charge >= 0.3 is 5.97 Å². The van der Waals surface area contributed by atoms with Crippen molar-refractivity contribution in [2.24, 2.45) is 0 Å². The van der Waals surface area contributed by atoms with E-state index in [9.17, 15) is 14.9 Å². The summed E-state index contributed by atoms with van der Waals surface area (Å²) in [6.07, 6.45) is 3.01. The first-order valence-electron chi connectivity index (χ1n) is 9.05. The molecule has 0 bridgehead atoms. The fourth-order valence-corrected chi connectivity index (χ4v) is 4.56. The molecule has 2 aliphatic rings. The highest BCUT2D eigenvalue weighted by atomic mass is 32.1. The van der Waals surface area contributed by atoms with Gasteiger partial charge in [0, 0.05) is 4.88 Å². The van der Waals surface area contributed by atoms with Gasteiger partial charge in [0.1, 0.15) is 17.7 Å². The number of ether oxygens (including phenoxy) is 3. The van der Waals surface area contributed by atoms with E-state index in [1.54, 1.807) is 18.2 Å². The third-order valence-electron chi connectivity index (χ3n) is 4.65. The van der Waals surface area contributed by atoms with Crippen molar-refractivity contribution in [3.63, 3.8) is 0 Å². The molecule has 0 spiro atoms. The smallest absolute Gasteiger partial charge is 0.351 e. The molecule has 7 nitrogen and oxygen atoms in total. The number of rotatable bonds is 4. The maximum absolute atomic E-state index is 12.2. The number of aryl methyl sites for hydroxylation is 1. The Labute approximate surface area is 165 Å². The van der Waals surface area contributed by atoms with Gasteiger partial charge in [0.05, 0.1) is 5.56 Å². The monoisotopic (exact) mass is 398 g/mol. The van der Waals surface area contributed by atoms with Crippen molar-refractivity contribution in [3.8, 4) is 17.6 Å². The van der Waals surface area contributed by atoms with Crippen LogP contribution in [0.15, 0.2) is 24.3 Å². The second-order valence-corrected chi connectivity index (χ2v) is 7.65. The molecule has 0 saturated heterocycles. The van der Waals surface area contributed by atoms with Gasteiger partial charge in [-0.1, -0.05) is 12.1 Å². The summed E-state index contributed by atoms with van der Waals surface area (Å²) < 4.78 is 16.1. The van der Waals surface area contributed by atoms with E-state index in [2.05, 4.69) is 11.4 Å². The molecule has 1 aromatic carbocycles. The van der Waals surface area contributed by atoms with E-state index in [0.29, 0.717) is 22.1 Å². The summed E-state index contributed by atoms with van der Waals surface area (Å²) in [7, 11) is 0. The Morgan fingerprint density at radius 2 is 2.04 bits per heavy atom. The predicted octanol–water partition coefficient (Wildman–Crippen LogP) is 2.82. The van der Waals surface area contributed by atoms with Crippen molar-refractivity contribution in [1.82, 2.24) is 0 Å². The highest BCUT2D eigenvalue weighted by molar-refractivity contribution is 7.16. The predicted molar refractivity (Wildman–Crippen MR) is 102 cm³/mol. The van der Waals surface area contributed by atoms with Gasteiger partial charge in [0.15, 0.2) is 18.1 Å². The zero-order valence-electron chi connectivity index (χ0n) is 15.0. The first-order chi connectivity index (χ1) is 13.7. The molecule has 0 fully saturated rings. The minimum Gasteiger partial charge on any atom is -0.485 e. The third-order valence-corrected chi connectivity index (χ3v) is 5.86. The van der Waals surface area contributed by atoms with Crippen LogP contribution in [0.25, 0.3) is 0 Å². The largest absolute Gasteiger partial charge is 0.485 e. The van der Waals surface area contributed by atoms with E-state index >= 15 is 0 Å². The Morgan fingerprint density at radius 1 is 1.25 bits per heavy atom. The van der Waals surface area contributed by atoms with E-state index < -0.39 is 24.6 Å². The minimum atomic E-state index is -0.925. The average molecular weight is 398 g/mol. The summed E-state index contributed by atoms with van der Waals surface area (Å²) in [4.78, 5) is 25.6. The van der Waals surface area contributed by atoms with Gasteiger partial charge in [-0.15, -0.1) is 11.3 Å². The van der Waals surface area contributed by atoms with E-state index in [4.69, 9.17) is 14.2 Å². The van der Waals surface area contributed by atoms with Gasteiger partial charge in [-0.2, -0.15) is 5.26 Å². The number of esters is 1. The fraction of sp³-hybridized carbons (Fsp3) is 0.350. The number of nitrogens with one attached hydrogen (secondary N) is 1. The highest BCUT2D eigenvalue weighted by Crippen LogP contribution is 2.37. The Hall–Kier alpha value is -3.05. The second-order valence-electron chi connectivity index (χ2n) is 6.55. The first kappa shape index (κ1) is 18.3. The van der Waals surface area contributed by atoms with Crippen molar-refractivity contribution < 1.29 is 23.8 Å². The molecule has 28 heavy (non-hydrogen) atoms. The van der Waals surface area contributed by atoms with Crippen LogP contribution in [-0.2, 0) is 27.2 Å². The van der Waals surface area contributed by atoms with Gasteiger partial charge in [0.2, 0.25) is 6.10 Å². The van der Waals surface area contributed by atoms with Gasteiger partial charge in [-0.25, -0.2) is 4.79 Å². The lowest BCUT2D eigenvalue weighted by Gasteiger charge is -2.24. The Morgan fingerprint density at radius 3 is 2.86 bits per heavy atom. The molecule has 1 aromatic heterocycles. The average Bonchev–Trinajstić information content (AvgIpc) is 3.08. The zero-order valence-corrected chi connectivity index (χ0v) is 15.8. The van der Waals surface area contributed by atoms with Crippen LogP contribution >= 0.6 is 11.3 Å². The van der Waals surface area contributed by atoms with Crippen LogP contribution in [0.2, 0.25) is 0 Å². The molecule has 0 radical (unpaired) electrons. The summed E-state index contributed by atoms with van der Waals surface area (Å²) in [5.74, 6) is -0.130. The van der Waals surface area contributed by atoms with Crippen LogP contribution in [-0.4, -0.2) is 31.2 Å². The van der Waals surface area contributed by atoms with Crippen LogP contribution in [0.5, 0.6) is 11.5 Å². The SMILES string of the molecule is N#Cc1c(NC(=O)COC(=O)[C@H]2COc3ccccc3O2)sc2c1CCCC2. The Kier molecular flexibility index (Phi) is 5.17. The molecular weight excluding hydrogens is 380 g/mol. The molecule has 144 valence electrons. The second kappa shape index (κ2) is 7.90. The van der Waals surface area contributed by atoms with Crippen molar-refractivity contribution >= 4 is 28.2 Å². The van der Waals surface area contributed by atoms with Gasteiger partial charge in [-0.3, -0.25) is 4.79 Å². The molecule has 1 N–H and O–H groups in total. The highest BCUT2D eigenvalue weighted by Gasteiger charge is 2.29. The van der Waals surface area contributed by atoms with Crippen LogP contribution in [0, 0.1) is 11.3 Å². The Balaban J connectivity index is 1.33. The fourth-order valence-electron chi connectivity index (χ4n) is 3.30. The number of anilines is 1. The van der Waals surface area contributed by atoms with E-state index in [-0.39, 0.29) is 6.61 Å². The number of carbonyl (C=O) groups excluding carboxylic acids is 2. The van der Waals surface area contributed by atoms with Crippen LogP contribution in [0.3, 0.4) is 0 Å². The van der Waals surface area contributed by atoms with Gasteiger partial charge in [-0.05, 0) is 43.4 Å². The van der Waals surface area contributed by atoms with Crippen molar-refractivity contribution in [2.75, 3.05) is 18.5 Å². The summed E-state index contributed by atoms with van der Waals surface area (Å²) >= 11 is 1.43. The Bertz CT molecular complexity index is 962. The van der Waals surface area contributed by atoms with Crippen LogP contribution < -0.4 is 14.8 Å². The maximum atomic E-state index is 12.2. The molecule has 2 heterocycles. The molecule has 1 amide bonds. The van der Waals surface area contributed by atoms with Crippen molar-refractivity contribution in [1.29, 1.82) is 5.26 Å². The lowest BCUT2D eigenvalue weighted by molar-refractivity contribution is -0.156. The number of hydrogen-bond donors (Lipinski definition) is 1. The number of para-hydroxylation sites is 2. The summed E-state index contributed by atoms with van der Waals surface area (Å²) in [6.45, 7) is -0.429. The lowest BCUT2D eigenvalue weighted by Crippen LogP contribution is -2.39. The standard InChI is InChI=1S/C20H18N2O5S/c21-9-13-12-5-1-4-8-17(12)28-19(13)22-18(23)11-26-20(24)16-10-25-14-6-2-3-7-15(14)27-16/h2-3,6-7,16H,1,4-5,8,10-11H2,(H,22,23)/t16-/m1/s1. The molecule has 4 rings (SSSR count). The quantitative estimate of drug-likeness (QED) is 0.796. The molecule has 1 atom stereocenters. The molecule has 1 aliphatic carbocycles. The molecule has 0 unspecified atom stereocenters. The number of nitrogens with zero attached hydrogens (tertiary/aromatic N) is 1. The topological polar surface area (TPSA) is 97.7 Å². The number of nitriles is 1. The number of fused-ring (bicyclic) bond motifs is 2. The van der Waals surface area contributed by atoms with Crippen LogP contribution in [0.1, 0.15) is 28.8 Å². The number of amides is 1. The number of carbonyl (C=O) groups is 2. The third kappa shape index (κ3) is 3.66. The normalized spacial score (nSPS) is 17.2.